The number of benzene rings is 1. The van der Waals surface area contributed by atoms with Crippen LogP contribution in [0.5, 0.6) is 11.5 Å². The minimum absolute atomic E-state index is 0.110. The highest BCUT2D eigenvalue weighted by Gasteiger charge is 2.48. The number of carbonyl (C=O) groups excluding carboxylic acids is 2. The summed E-state index contributed by atoms with van der Waals surface area (Å²) in [6.07, 6.45) is 7.94. The highest BCUT2D eigenvalue weighted by molar-refractivity contribution is 9.10. The quantitative estimate of drug-likeness (QED) is 0.373. The highest BCUT2D eigenvalue weighted by atomic mass is 79.9. The van der Waals surface area contributed by atoms with Gasteiger partial charge in [-0.2, -0.15) is 0 Å². The van der Waals surface area contributed by atoms with Gasteiger partial charge in [0.1, 0.15) is 6.61 Å². The fraction of sp³-hybridized carbons (Fsp3) is 0.533. The molecule has 3 aliphatic rings. The van der Waals surface area contributed by atoms with Crippen LogP contribution in [0.1, 0.15) is 78.7 Å². The molecule has 0 N–H and O–H groups in total. The van der Waals surface area contributed by atoms with E-state index in [2.05, 4.69) is 61.4 Å². The van der Waals surface area contributed by atoms with Gasteiger partial charge in [-0.25, -0.2) is 0 Å². The minimum Gasteiger partial charge on any atom is -0.490 e. The zero-order valence-electron chi connectivity index (χ0n) is 22.2. The summed E-state index contributed by atoms with van der Waals surface area (Å²) >= 11 is 3.65. The Balaban J connectivity index is 1.99. The highest BCUT2D eigenvalue weighted by Crippen LogP contribution is 2.55. The number of terminal acetylenes is 1. The van der Waals surface area contributed by atoms with Gasteiger partial charge in [-0.3, -0.25) is 9.59 Å². The second-order valence-corrected chi connectivity index (χ2v) is 12.4. The van der Waals surface area contributed by atoms with E-state index in [4.69, 9.17) is 15.9 Å². The molecule has 0 fully saturated rings. The van der Waals surface area contributed by atoms with Gasteiger partial charge in [0, 0.05) is 47.8 Å². The minimum atomic E-state index is -0.429. The van der Waals surface area contributed by atoms with E-state index in [1.165, 1.54) is 0 Å². The summed E-state index contributed by atoms with van der Waals surface area (Å²) < 4.78 is 12.4. The number of rotatable bonds is 6. The molecule has 0 saturated carbocycles. The van der Waals surface area contributed by atoms with E-state index < -0.39 is 5.92 Å². The van der Waals surface area contributed by atoms with E-state index in [0.29, 0.717) is 35.4 Å². The van der Waals surface area contributed by atoms with E-state index >= 15 is 0 Å². The second kappa shape index (κ2) is 9.74. The van der Waals surface area contributed by atoms with Crippen LogP contribution in [0.25, 0.3) is 0 Å². The van der Waals surface area contributed by atoms with Crippen molar-refractivity contribution < 1.29 is 19.1 Å². The summed E-state index contributed by atoms with van der Waals surface area (Å²) in [5.74, 6) is 3.38. The lowest BCUT2D eigenvalue weighted by atomic mass is 9.63. The van der Waals surface area contributed by atoms with Crippen LogP contribution in [-0.4, -0.2) is 36.2 Å². The maximum atomic E-state index is 13.8. The van der Waals surface area contributed by atoms with Gasteiger partial charge < -0.3 is 14.4 Å². The number of ether oxygens (including phenoxy) is 2. The van der Waals surface area contributed by atoms with Gasteiger partial charge in [0.25, 0.3) is 0 Å². The molecule has 192 valence electrons. The number of halogens is 1. The van der Waals surface area contributed by atoms with Gasteiger partial charge in [0.15, 0.2) is 23.1 Å². The topological polar surface area (TPSA) is 55.8 Å². The fourth-order valence-corrected chi connectivity index (χ4v) is 6.61. The van der Waals surface area contributed by atoms with E-state index in [1.807, 2.05) is 19.1 Å². The van der Waals surface area contributed by atoms with Crippen LogP contribution >= 0.6 is 15.9 Å². The van der Waals surface area contributed by atoms with Crippen molar-refractivity contribution >= 4 is 27.5 Å². The Kier molecular flexibility index (Phi) is 7.18. The molecule has 2 aliphatic carbocycles. The van der Waals surface area contributed by atoms with Crippen LogP contribution in [0, 0.1) is 23.2 Å². The maximum Gasteiger partial charge on any atom is 0.176 e. The molecule has 0 radical (unpaired) electrons. The first kappa shape index (κ1) is 26.5. The Morgan fingerprint density at radius 2 is 1.53 bits per heavy atom. The summed E-state index contributed by atoms with van der Waals surface area (Å²) in [5.41, 5.74) is 4.23. The van der Waals surface area contributed by atoms with E-state index in [1.54, 1.807) is 0 Å². The molecular formula is C30H36BrNO4. The third-order valence-electron chi connectivity index (χ3n) is 7.30. The van der Waals surface area contributed by atoms with E-state index in [0.717, 1.165) is 47.5 Å². The molecule has 1 aromatic rings. The number of nitrogens with zero attached hydrogens (tertiary/aromatic N) is 1. The van der Waals surface area contributed by atoms with Crippen LogP contribution in [0.15, 0.2) is 39.1 Å². The van der Waals surface area contributed by atoms with Crippen LogP contribution in [0.3, 0.4) is 0 Å². The number of ketones is 2. The Morgan fingerprint density at radius 3 is 2.00 bits per heavy atom. The number of allylic oxidation sites excluding steroid dienone is 4. The predicted molar refractivity (Wildman–Crippen MR) is 145 cm³/mol. The average Bonchev–Trinajstić information content (AvgIpc) is 2.75. The molecule has 1 aliphatic heterocycles. The smallest absolute Gasteiger partial charge is 0.176 e. The zero-order valence-corrected chi connectivity index (χ0v) is 23.8. The number of hydrogen-bond acceptors (Lipinski definition) is 5. The molecule has 0 amide bonds. The monoisotopic (exact) mass is 553 g/mol. The molecule has 6 heteroatoms. The Labute approximate surface area is 223 Å². The molecule has 0 spiro atoms. The molecule has 1 heterocycles. The number of carbonyl (C=O) groups is 2. The van der Waals surface area contributed by atoms with Crippen LogP contribution in [-0.2, 0) is 9.59 Å². The largest absolute Gasteiger partial charge is 0.490 e. The molecule has 4 rings (SSSR count). The molecule has 0 unspecified atom stereocenters. The Hall–Kier alpha value is -2.52. The number of hydrogen-bond donors (Lipinski definition) is 0. The molecular weight excluding hydrogens is 518 g/mol. The van der Waals surface area contributed by atoms with Gasteiger partial charge in [-0.1, -0.05) is 33.6 Å². The van der Waals surface area contributed by atoms with Crippen LogP contribution < -0.4 is 9.47 Å². The van der Waals surface area contributed by atoms with Crippen molar-refractivity contribution in [3.63, 3.8) is 0 Å². The Morgan fingerprint density at radius 1 is 0.972 bits per heavy atom. The summed E-state index contributed by atoms with van der Waals surface area (Å²) in [5, 5.41) is 0. The van der Waals surface area contributed by atoms with Gasteiger partial charge in [0.2, 0.25) is 0 Å². The second-order valence-electron chi connectivity index (χ2n) is 11.5. The molecule has 0 bridgehead atoms. The van der Waals surface area contributed by atoms with Gasteiger partial charge in [-0.05, 0) is 71.1 Å². The van der Waals surface area contributed by atoms with Gasteiger partial charge >= 0.3 is 0 Å². The molecule has 5 nitrogen and oxygen atoms in total. The number of Topliss-reactive ketones (excluding diaryl/α,β-unsaturated/α-hetero) is 2. The fourth-order valence-electron chi connectivity index (χ4n) is 6.03. The molecule has 0 saturated heterocycles. The van der Waals surface area contributed by atoms with Gasteiger partial charge in [0.05, 0.1) is 11.1 Å². The maximum absolute atomic E-state index is 13.8. The summed E-state index contributed by atoms with van der Waals surface area (Å²) in [7, 11) is 0. The average molecular weight is 555 g/mol. The van der Waals surface area contributed by atoms with Crippen molar-refractivity contribution in [1.29, 1.82) is 0 Å². The normalized spacial score (nSPS) is 21.2. The van der Waals surface area contributed by atoms with Crippen molar-refractivity contribution in [2.45, 2.75) is 73.1 Å². The third kappa shape index (κ3) is 4.75. The lowest BCUT2D eigenvalue weighted by Crippen LogP contribution is -2.44. The van der Waals surface area contributed by atoms with E-state index in [-0.39, 0.29) is 29.0 Å². The first-order valence-corrected chi connectivity index (χ1v) is 13.5. The molecule has 36 heavy (non-hydrogen) atoms. The van der Waals surface area contributed by atoms with E-state index in [9.17, 15) is 9.59 Å². The molecule has 1 aromatic carbocycles. The summed E-state index contributed by atoms with van der Waals surface area (Å²) in [6.45, 7) is 13.9. The zero-order chi connectivity index (χ0) is 26.4. The first-order valence-electron chi connectivity index (χ1n) is 12.8. The molecule has 0 aromatic heterocycles. The summed E-state index contributed by atoms with van der Waals surface area (Å²) in [4.78, 5) is 29.9. The SMILES string of the molecule is C#CCOc1c(Br)cc(C2C3=C(CC(C)(C)CC3=O)N(CC)C3=C2C(=O)CC(C)(C)C3)cc1OCC. The predicted octanol–water partition coefficient (Wildman–Crippen LogP) is 6.57. The van der Waals surface area contributed by atoms with Crippen molar-refractivity contribution in [3.8, 4) is 23.8 Å². The lowest BCUT2D eigenvalue weighted by Gasteiger charge is -2.49. The Bertz CT molecular complexity index is 1160. The van der Waals surface area contributed by atoms with Crippen molar-refractivity contribution in [1.82, 2.24) is 4.90 Å². The first-order chi connectivity index (χ1) is 16.9. The molecule has 0 atom stereocenters. The standard InChI is InChI=1S/C30H36BrNO4/c1-8-11-36-28-19(31)12-18(13-24(28)35-10-3)25-26-20(14-29(4,5)16-22(26)33)32(9-2)21-15-30(6,7)17-23(34)27(21)25/h1,12-13,25H,9-11,14-17H2,2-7H3. The van der Waals surface area contributed by atoms with Crippen LogP contribution in [0.2, 0.25) is 0 Å². The van der Waals surface area contributed by atoms with Crippen molar-refractivity contribution in [2.75, 3.05) is 19.8 Å². The van der Waals surface area contributed by atoms with Crippen LogP contribution in [0.4, 0.5) is 0 Å². The summed E-state index contributed by atoms with van der Waals surface area (Å²) in [6, 6.07) is 3.87. The van der Waals surface area contributed by atoms with Gasteiger partial charge in [-0.15, -0.1) is 6.42 Å². The van der Waals surface area contributed by atoms with Crippen molar-refractivity contribution in [2.24, 2.45) is 10.8 Å². The van der Waals surface area contributed by atoms with Crippen molar-refractivity contribution in [3.05, 3.63) is 44.7 Å². The lowest BCUT2D eigenvalue weighted by molar-refractivity contribution is -0.119. The third-order valence-corrected chi connectivity index (χ3v) is 7.89.